The predicted octanol–water partition coefficient (Wildman–Crippen LogP) is 1.70. The van der Waals surface area contributed by atoms with Crippen molar-refractivity contribution in [2.45, 2.75) is 24.9 Å². The average Bonchev–Trinajstić information content (AvgIpc) is 2.56. The summed E-state index contributed by atoms with van der Waals surface area (Å²) in [6, 6.07) is 9.19. The highest BCUT2D eigenvalue weighted by atomic mass is 15.1. The summed E-state index contributed by atoms with van der Waals surface area (Å²) < 4.78 is 2.25. The lowest BCUT2D eigenvalue weighted by Crippen LogP contribution is -2.37. The molecule has 0 bridgehead atoms. The van der Waals surface area contributed by atoms with E-state index in [2.05, 4.69) is 21.7 Å². The van der Waals surface area contributed by atoms with Crippen LogP contribution in [0.25, 0.3) is 11.0 Å². The van der Waals surface area contributed by atoms with Gasteiger partial charge in [-0.05, 0) is 25.0 Å². The van der Waals surface area contributed by atoms with Gasteiger partial charge in [-0.15, -0.1) is 0 Å². The number of benzene rings is 1. The minimum absolute atomic E-state index is 0.390. The largest absolute Gasteiger partial charge is 0.328 e. The van der Waals surface area contributed by atoms with Crippen LogP contribution in [-0.4, -0.2) is 15.6 Å². The SMILES string of the molecule is N[C@H]1C[C@H](n2cnc3ccccc32)C1. The molecule has 0 unspecified atom stereocenters. The molecule has 0 spiro atoms. The molecule has 0 saturated heterocycles. The second-order valence-electron chi connectivity index (χ2n) is 4.03. The molecular formula is C11H13N3. The number of nitrogens with two attached hydrogens (primary N) is 1. The Kier molecular flexibility index (Phi) is 1.61. The van der Waals surface area contributed by atoms with Gasteiger partial charge in [0, 0.05) is 12.1 Å². The molecule has 72 valence electrons. The van der Waals surface area contributed by atoms with Crippen LogP contribution >= 0.6 is 0 Å². The number of nitrogens with zero attached hydrogens (tertiary/aromatic N) is 2. The van der Waals surface area contributed by atoms with Crippen molar-refractivity contribution in [2.24, 2.45) is 5.73 Å². The minimum Gasteiger partial charge on any atom is -0.328 e. The Bertz CT molecular complexity index is 454. The fourth-order valence-electron chi connectivity index (χ4n) is 2.13. The smallest absolute Gasteiger partial charge is 0.0960 e. The lowest BCUT2D eigenvalue weighted by Gasteiger charge is -2.33. The van der Waals surface area contributed by atoms with E-state index in [0.29, 0.717) is 12.1 Å². The van der Waals surface area contributed by atoms with Crippen LogP contribution in [0.4, 0.5) is 0 Å². The lowest BCUT2D eigenvalue weighted by molar-refractivity contribution is 0.272. The summed E-state index contributed by atoms with van der Waals surface area (Å²) in [5, 5.41) is 0. The van der Waals surface area contributed by atoms with Gasteiger partial charge in [0.05, 0.1) is 17.4 Å². The van der Waals surface area contributed by atoms with Crippen LogP contribution in [0.2, 0.25) is 0 Å². The first-order valence-corrected chi connectivity index (χ1v) is 5.02. The van der Waals surface area contributed by atoms with Crippen molar-refractivity contribution in [3.05, 3.63) is 30.6 Å². The first-order valence-electron chi connectivity index (χ1n) is 5.02. The molecule has 1 saturated carbocycles. The molecule has 3 heteroatoms. The van der Waals surface area contributed by atoms with E-state index in [1.54, 1.807) is 0 Å². The molecule has 1 aliphatic rings. The van der Waals surface area contributed by atoms with E-state index in [1.807, 2.05) is 18.5 Å². The quantitative estimate of drug-likeness (QED) is 0.738. The highest BCUT2D eigenvalue weighted by Crippen LogP contribution is 2.32. The summed E-state index contributed by atoms with van der Waals surface area (Å²) in [6.45, 7) is 0. The van der Waals surface area contributed by atoms with Crippen LogP contribution in [0, 0.1) is 0 Å². The fourth-order valence-corrected chi connectivity index (χ4v) is 2.13. The van der Waals surface area contributed by atoms with Crippen LogP contribution in [0.15, 0.2) is 30.6 Å². The first kappa shape index (κ1) is 8.00. The Hall–Kier alpha value is -1.35. The summed E-state index contributed by atoms with van der Waals surface area (Å²) in [5.74, 6) is 0. The standard InChI is InChI=1S/C11H13N3/c12-8-5-9(6-8)14-7-13-10-3-1-2-4-11(10)14/h1-4,7-9H,5-6,12H2/t8-,9-. The van der Waals surface area contributed by atoms with Gasteiger partial charge in [-0.1, -0.05) is 12.1 Å². The third-order valence-electron chi connectivity index (χ3n) is 3.02. The van der Waals surface area contributed by atoms with Crippen LogP contribution in [0.5, 0.6) is 0 Å². The predicted molar refractivity (Wildman–Crippen MR) is 56.0 cm³/mol. The normalized spacial score (nSPS) is 26.4. The number of hydrogen-bond donors (Lipinski definition) is 1. The number of rotatable bonds is 1. The zero-order valence-electron chi connectivity index (χ0n) is 7.93. The molecule has 14 heavy (non-hydrogen) atoms. The fraction of sp³-hybridized carbons (Fsp3) is 0.364. The molecule has 1 aromatic heterocycles. The summed E-state index contributed by atoms with van der Waals surface area (Å²) in [5.41, 5.74) is 8.09. The number of fused-ring (bicyclic) bond motifs is 1. The van der Waals surface area contributed by atoms with E-state index in [1.165, 1.54) is 5.52 Å². The van der Waals surface area contributed by atoms with Gasteiger partial charge in [-0.3, -0.25) is 0 Å². The highest BCUT2D eigenvalue weighted by Gasteiger charge is 2.27. The molecule has 3 rings (SSSR count). The van der Waals surface area contributed by atoms with E-state index in [9.17, 15) is 0 Å². The van der Waals surface area contributed by atoms with Gasteiger partial charge >= 0.3 is 0 Å². The van der Waals surface area contributed by atoms with E-state index >= 15 is 0 Å². The van der Waals surface area contributed by atoms with E-state index in [-0.39, 0.29) is 0 Å². The summed E-state index contributed by atoms with van der Waals surface area (Å²) in [4.78, 5) is 4.37. The van der Waals surface area contributed by atoms with Gasteiger partial charge in [0.15, 0.2) is 0 Å². The Morgan fingerprint density at radius 1 is 1.29 bits per heavy atom. The highest BCUT2D eigenvalue weighted by molar-refractivity contribution is 5.75. The Morgan fingerprint density at radius 2 is 2.07 bits per heavy atom. The Labute approximate surface area is 82.5 Å². The van der Waals surface area contributed by atoms with Crippen molar-refractivity contribution in [1.82, 2.24) is 9.55 Å². The lowest BCUT2D eigenvalue weighted by atomic mass is 9.87. The van der Waals surface area contributed by atoms with E-state index < -0.39 is 0 Å². The number of hydrogen-bond acceptors (Lipinski definition) is 2. The molecule has 1 aliphatic carbocycles. The second-order valence-corrected chi connectivity index (χ2v) is 4.03. The maximum Gasteiger partial charge on any atom is 0.0960 e. The average molecular weight is 187 g/mol. The molecule has 1 heterocycles. The van der Waals surface area contributed by atoms with Crippen molar-refractivity contribution in [1.29, 1.82) is 0 Å². The molecular weight excluding hydrogens is 174 g/mol. The first-order chi connectivity index (χ1) is 6.84. The molecule has 1 fully saturated rings. The van der Waals surface area contributed by atoms with Gasteiger partial charge in [-0.25, -0.2) is 4.98 Å². The monoisotopic (exact) mass is 187 g/mol. The third-order valence-corrected chi connectivity index (χ3v) is 3.02. The molecule has 2 aromatic rings. The van der Waals surface area contributed by atoms with Crippen molar-refractivity contribution in [3.8, 4) is 0 Å². The van der Waals surface area contributed by atoms with Crippen LogP contribution in [0.1, 0.15) is 18.9 Å². The zero-order chi connectivity index (χ0) is 9.54. The topological polar surface area (TPSA) is 43.8 Å². The third kappa shape index (κ3) is 1.06. The molecule has 0 radical (unpaired) electrons. The van der Waals surface area contributed by atoms with Gasteiger partial charge in [0.1, 0.15) is 0 Å². The second kappa shape index (κ2) is 2.82. The van der Waals surface area contributed by atoms with Crippen molar-refractivity contribution in [3.63, 3.8) is 0 Å². The van der Waals surface area contributed by atoms with Gasteiger partial charge in [-0.2, -0.15) is 0 Å². The molecule has 3 nitrogen and oxygen atoms in total. The Balaban J connectivity index is 2.05. The van der Waals surface area contributed by atoms with Gasteiger partial charge in [0.25, 0.3) is 0 Å². The maximum atomic E-state index is 5.79. The number of para-hydroxylation sites is 2. The molecule has 2 N–H and O–H groups in total. The number of imidazole rings is 1. The number of aromatic nitrogens is 2. The molecule has 0 atom stereocenters. The molecule has 0 aliphatic heterocycles. The maximum absolute atomic E-state index is 5.79. The van der Waals surface area contributed by atoms with Gasteiger partial charge in [0.2, 0.25) is 0 Å². The summed E-state index contributed by atoms with van der Waals surface area (Å²) >= 11 is 0. The van der Waals surface area contributed by atoms with Crippen LogP contribution in [0.3, 0.4) is 0 Å². The van der Waals surface area contributed by atoms with E-state index in [4.69, 9.17) is 5.73 Å². The molecule has 1 aromatic carbocycles. The summed E-state index contributed by atoms with van der Waals surface area (Å²) in [7, 11) is 0. The van der Waals surface area contributed by atoms with Crippen LogP contribution < -0.4 is 5.73 Å². The minimum atomic E-state index is 0.390. The van der Waals surface area contributed by atoms with E-state index in [0.717, 1.165) is 18.4 Å². The van der Waals surface area contributed by atoms with Crippen molar-refractivity contribution in [2.75, 3.05) is 0 Å². The van der Waals surface area contributed by atoms with Crippen molar-refractivity contribution >= 4 is 11.0 Å². The van der Waals surface area contributed by atoms with Crippen LogP contribution in [-0.2, 0) is 0 Å². The van der Waals surface area contributed by atoms with Crippen molar-refractivity contribution < 1.29 is 0 Å². The summed E-state index contributed by atoms with van der Waals surface area (Å²) in [6.07, 6.45) is 4.10. The molecule has 0 amide bonds. The Morgan fingerprint density at radius 3 is 2.86 bits per heavy atom. The zero-order valence-corrected chi connectivity index (χ0v) is 7.93. The van der Waals surface area contributed by atoms with Gasteiger partial charge < -0.3 is 10.3 Å².